The summed E-state index contributed by atoms with van der Waals surface area (Å²) in [6, 6.07) is 8.19. The van der Waals surface area contributed by atoms with E-state index in [0.29, 0.717) is 5.92 Å². The van der Waals surface area contributed by atoms with Crippen molar-refractivity contribution in [3.8, 4) is 0 Å². The first-order valence-electron chi connectivity index (χ1n) is 4.91. The maximum Gasteiger partial charge on any atom is 0.133 e. The number of fused-ring (bicyclic) bond motifs is 1. The smallest absolute Gasteiger partial charge is 0.133 e. The van der Waals surface area contributed by atoms with Gasteiger partial charge < -0.3 is 10.2 Å². The summed E-state index contributed by atoms with van der Waals surface area (Å²) in [7, 11) is 0. The van der Waals surface area contributed by atoms with E-state index < -0.39 is 0 Å². The number of nitrogens with two attached hydrogens (primary N) is 1. The molecule has 1 aromatic heterocycles. The Morgan fingerprint density at radius 3 is 2.71 bits per heavy atom. The normalized spacial score (nSPS) is 13.7. The van der Waals surface area contributed by atoms with E-state index in [1.165, 1.54) is 5.56 Å². The second-order valence-corrected chi connectivity index (χ2v) is 3.99. The van der Waals surface area contributed by atoms with Crippen LogP contribution in [0.2, 0.25) is 0 Å². The summed E-state index contributed by atoms with van der Waals surface area (Å²) in [4.78, 5) is 0. The molecule has 0 radical (unpaired) electrons. The minimum Gasteiger partial charge on any atom is -0.464 e. The van der Waals surface area contributed by atoms with Gasteiger partial charge in [0.2, 0.25) is 0 Å². The Kier molecular flexibility index (Phi) is 2.30. The Hall–Kier alpha value is -1.28. The summed E-state index contributed by atoms with van der Waals surface area (Å²) < 4.78 is 5.27. The number of hydrogen-bond donors (Lipinski definition) is 1. The van der Waals surface area contributed by atoms with E-state index in [9.17, 15) is 0 Å². The van der Waals surface area contributed by atoms with Gasteiger partial charge in [0.1, 0.15) is 5.58 Å². The minimum atomic E-state index is 0.106. The molecule has 0 spiro atoms. The number of rotatable bonds is 2. The highest BCUT2D eigenvalue weighted by molar-refractivity contribution is 5.77. The zero-order chi connectivity index (χ0) is 10.1. The summed E-state index contributed by atoms with van der Waals surface area (Å²) >= 11 is 0. The average Bonchev–Trinajstić information content (AvgIpc) is 2.62. The number of benzene rings is 1. The molecule has 0 unspecified atom stereocenters. The molecule has 0 saturated carbocycles. The van der Waals surface area contributed by atoms with Crippen molar-refractivity contribution in [2.24, 2.45) is 11.7 Å². The third-order valence-electron chi connectivity index (χ3n) is 2.58. The second kappa shape index (κ2) is 3.46. The third kappa shape index (κ3) is 1.53. The van der Waals surface area contributed by atoms with Gasteiger partial charge in [-0.25, -0.2) is 0 Å². The third-order valence-corrected chi connectivity index (χ3v) is 2.58. The Balaban J connectivity index is 2.43. The van der Waals surface area contributed by atoms with Crippen molar-refractivity contribution >= 4 is 11.0 Å². The summed E-state index contributed by atoms with van der Waals surface area (Å²) in [6.45, 7) is 4.26. The first-order valence-corrected chi connectivity index (χ1v) is 4.91. The van der Waals surface area contributed by atoms with Crippen molar-refractivity contribution in [1.29, 1.82) is 0 Å². The molecule has 74 valence electrons. The lowest BCUT2D eigenvalue weighted by atomic mass is 9.96. The maximum absolute atomic E-state index is 6.07. The van der Waals surface area contributed by atoms with E-state index in [1.807, 2.05) is 18.2 Å². The molecule has 0 saturated heterocycles. The Morgan fingerprint density at radius 1 is 1.21 bits per heavy atom. The average molecular weight is 189 g/mol. The zero-order valence-electron chi connectivity index (χ0n) is 8.53. The molecule has 0 amide bonds. The highest BCUT2D eigenvalue weighted by Crippen LogP contribution is 2.23. The van der Waals surface area contributed by atoms with Crippen LogP contribution in [0.25, 0.3) is 11.0 Å². The van der Waals surface area contributed by atoms with Crippen LogP contribution in [-0.4, -0.2) is 0 Å². The summed E-state index contributed by atoms with van der Waals surface area (Å²) in [6.07, 6.45) is 1.70. The van der Waals surface area contributed by atoms with E-state index in [1.54, 1.807) is 6.26 Å². The molecule has 1 heterocycles. The van der Waals surface area contributed by atoms with Crippen LogP contribution in [0.1, 0.15) is 25.5 Å². The van der Waals surface area contributed by atoms with Crippen molar-refractivity contribution in [3.63, 3.8) is 0 Å². The topological polar surface area (TPSA) is 39.2 Å². The van der Waals surface area contributed by atoms with E-state index >= 15 is 0 Å². The van der Waals surface area contributed by atoms with Gasteiger partial charge in [0.15, 0.2) is 0 Å². The van der Waals surface area contributed by atoms with E-state index in [4.69, 9.17) is 10.2 Å². The van der Waals surface area contributed by atoms with E-state index in [-0.39, 0.29) is 6.04 Å². The van der Waals surface area contributed by atoms with Crippen LogP contribution in [-0.2, 0) is 0 Å². The fourth-order valence-electron chi connectivity index (χ4n) is 1.58. The summed E-state index contributed by atoms with van der Waals surface area (Å²) in [5.41, 5.74) is 8.16. The largest absolute Gasteiger partial charge is 0.464 e. The fraction of sp³-hybridized carbons (Fsp3) is 0.333. The van der Waals surface area contributed by atoms with Crippen molar-refractivity contribution in [2.75, 3.05) is 0 Å². The quantitative estimate of drug-likeness (QED) is 0.788. The van der Waals surface area contributed by atoms with Crippen molar-refractivity contribution < 1.29 is 4.42 Å². The van der Waals surface area contributed by atoms with Crippen molar-refractivity contribution in [1.82, 2.24) is 0 Å². The van der Waals surface area contributed by atoms with Gasteiger partial charge in [-0.2, -0.15) is 0 Å². The van der Waals surface area contributed by atoms with Gasteiger partial charge in [-0.1, -0.05) is 19.9 Å². The monoisotopic (exact) mass is 189 g/mol. The lowest BCUT2D eigenvalue weighted by Gasteiger charge is -2.15. The highest BCUT2D eigenvalue weighted by atomic mass is 16.3. The predicted molar refractivity (Wildman–Crippen MR) is 58.0 cm³/mol. The Labute approximate surface area is 83.7 Å². The minimum absolute atomic E-state index is 0.106. The van der Waals surface area contributed by atoms with E-state index in [2.05, 4.69) is 19.9 Å². The standard InChI is InChI=1S/C12H15NO/c1-8(2)12(13)10-3-4-11-9(7-10)5-6-14-11/h3-8,12H,13H2,1-2H3/t12-/m0/s1. The van der Waals surface area contributed by atoms with Crippen LogP contribution in [0.15, 0.2) is 34.9 Å². The van der Waals surface area contributed by atoms with Crippen LogP contribution in [0.3, 0.4) is 0 Å². The molecule has 1 atom stereocenters. The molecule has 2 rings (SSSR count). The molecule has 0 aliphatic rings. The fourth-order valence-corrected chi connectivity index (χ4v) is 1.58. The number of furan rings is 1. The molecule has 0 fully saturated rings. The second-order valence-electron chi connectivity index (χ2n) is 3.99. The first kappa shape index (κ1) is 9.28. The molecule has 2 aromatic rings. The van der Waals surface area contributed by atoms with Crippen LogP contribution in [0, 0.1) is 5.92 Å². The van der Waals surface area contributed by atoms with Crippen LogP contribution in [0.4, 0.5) is 0 Å². The van der Waals surface area contributed by atoms with Crippen molar-refractivity contribution in [3.05, 3.63) is 36.1 Å². The van der Waals surface area contributed by atoms with Gasteiger partial charge >= 0.3 is 0 Å². The predicted octanol–water partition coefficient (Wildman–Crippen LogP) is 3.09. The Morgan fingerprint density at radius 2 is 2.00 bits per heavy atom. The molecule has 2 heteroatoms. The van der Waals surface area contributed by atoms with Gasteiger partial charge in [0.05, 0.1) is 6.26 Å². The lowest BCUT2D eigenvalue weighted by Crippen LogP contribution is -2.16. The molecular weight excluding hydrogens is 174 g/mol. The molecule has 1 aromatic carbocycles. The molecular formula is C12H15NO. The SMILES string of the molecule is CC(C)[C@H](N)c1ccc2occc2c1. The molecule has 14 heavy (non-hydrogen) atoms. The first-order chi connectivity index (χ1) is 6.68. The van der Waals surface area contributed by atoms with Gasteiger partial charge in [0.25, 0.3) is 0 Å². The molecule has 2 nitrogen and oxygen atoms in total. The molecule has 0 aliphatic carbocycles. The molecule has 2 N–H and O–H groups in total. The Bertz CT molecular complexity index is 431. The van der Waals surface area contributed by atoms with Gasteiger partial charge in [-0.15, -0.1) is 0 Å². The zero-order valence-corrected chi connectivity index (χ0v) is 8.53. The maximum atomic E-state index is 6.07. The van der Waals surface area contributed by atoms with Gasteiger partial charge in [0, 0.05) is 11.4 Å². The molecule has 0 bridgehead atoms. The summed E-state index contributed by atoms with van der Waals surface area (Å²) in [5, 5.41) is 1.12. The van der Waals surface area contributed by atoms with Crippen LogP contribution in [0.5, 0.6) is 0 Å². The molecule has 0 aliphatic heterocycles. The highest BCUT2D eigenvalue weighted by Gasteiger charge is 2.10. The number of hydrogen-bond acceptors (Lipinski definition) is 2. The van der Waals surface area contributed by atoms with Crippen LogP contribution < -0.4 is 5.73 Å². The van der Waals surface area contributed by atoms with E-state index in [0.717, 1.165) is 11.0 Å². The van der Waals surface area contributed by atoms with Gasteiger partial charge in [-0.05, 0) is 29.7 Å². The van der Waals surface area contributed by atoms with Crippen LogP contribution >= 0.6 is 0 Å². The van der Waals surface area contributed by atoms with Gasteiger partial charge in [-0.3, -0.25) is 0 Å². The summed E-state index contributed by atoms with van der Waals surface area (Å²) in [5.74, 6) is 0.458. The lowest BCUT2D eigenvalue weighted by molar-refractivity contribution is 0.514. The van der Waals surface area contributed by atoms with Crippen molar-refractivity contribution in [2.45, 2.75) is 19.9 Å².